The van der Waals surface area contributed by atoms with Gasteiger partial charge in [0, 0.05) is 25.4 Å². The summed E-state index contributed by atoms with van der Waals surface area (Å²) in [6, 6.07) is 7.88. The molecule has 10 nitrogen and oxygen atoms in total. The SMILES string of the molecule is CCOc1c(C(C)(CNC(=O)c2noc(-c3ncccc3F)n2)c2cccc(Cl)n2)cnn1C. The summed E-state index contributed by atoms with van der Waals surface area (Å²) in [7, 11) is 1.76. The molecule has 4 rings (SSSR count). The molecule has 0 spiro atoms. The molecule has 0 aliphatic heterocycles. The fourth-order valence-electron chi connectivity index (χ4n) is 3.44. The molecule has 1 amide bonds. The number of nitrogens with one attached hydrogen (secondary N) is 1. The first-order valence-corrected chi connectivity index (χ1v) is 10.7. The van der Waals surface area contributed by atoms with Gasteiger partial charge >= 0.3 is 0 Å². The molecule has 0 saturated carbocycles. The van der Waals surface area contributed by atoms with E-state index >= 15 is 0 Å². The van der Waals surface area contributed by atoms with Crippen LogP contribution in [0.25, 0.3) is 11.6 Å². The summed E-state index contributed by atoms with van der Waals surface area (Å²) in [6.45, 7) is 4.25. The van der Waals surface area contributed by atoms with Crippen LogP contribution in [0.3, 0.4) is 0 Å². The number of hydrogen-bond donors (Lipinski definition) is 1. The normalized spacial score (nSPS) is 12.9. The number of amides is 1. The van der Waals surface area contributed by atoms with Gasteiger partial charge in [-0.1, -0.05) is 22.8 Å². The Morgan fingerprint density at radius 3 is 2.85 bits per heavy atom. The van der Waals surface area contributed by atoms with E-state index in [-0.39, 0.29) is 24.0 Å². The first-order valence-electron chi connectivity index (χ1n) is 10.3. The van der Waals surface area contributed by atoms with Gasteiger partial charge in [0.05, 0.1) is 23.9 Å². The summed E-state index contributed by atoms with van der Waals surface area (Å²) in [5.74, 6) is -1.20. The molecular formula is C22H21ClFN7O3. The van der Waals surface area contributed by atoms with Gasteiger partial charge in [-0.2, -0.15) is 10.1 Å². The third-order valence-corrected chi connectivity index (χ3v) is 5.44. The van der Waals surface area contributed by atoms with Crippen LogP contribution in [0.5, 0.6) is 5.88 Å². The summed E-state index contributed by atoms with van der Waals surface area (Å²) >= 11 is 6.16. The number of nitrogens with zero attached hydrogens (tertiary/aromatic N) is 6. The molecule has 1 N–H and O–H groups in total. The number of halogens is 2. The molecular weight excluding hydrogens is 465 g/mol. The maximum Gasteiger partial charge on any atom is 0.292 e. The lowest BCUT2D eigenvalue weighted by Crippen LogP contribution is -2.40. The van der Waals surface area contributed by atoms with Crippen LogP contribution in [-0.4, -0.2) is 48.9 Å². The lowest BCUT2D eigenvalue weighted by atomic mass is 9.80. The van der Waals surface area contributed by atoms with Crippen molar-refractivity contribution in [3.05, 3.63) is 70.8 Å². The maximum atomic E-state index is 14.0. The third kappa shape index (κ3) is 4.46. The maximum absolute atomic E-state index is 14.0. The van der Waals surface area contributed by atoms with Gasteiger partial charge in [-0.25, -0.2) is 19.0 Å². The first kappa shape index (κ1) is 23.3. The van der Waals surface area contributed by atoms with Crippen molar-refractivity contribution >= 4 is 17.5 Å². The number of pyridine rings is 2. The summed E-state index contributed by atoms with van der Waals surface area (Å²) < 4.78 is 26.4. The number of rotatable bonds is 8. The molecule has 1 unspecified atom stereocenters. The number of carbonyl (C=O) groups is 1. The minimum atomic E-state index is -0.876. The summed E-state index contributed by atoms with van der Waals surface area (Å²) in [5, 5.41) is 11.1. The van der Waals surface area contributed by atoms with Crippen LogP contribution >= 0.6 is 11.6 Å². The molecule has 12 heteroatoms. The van der Waals surface area contributed by atoms with Crippen LogP contribution in [0.4, 0.5) is 4.39 Å². The standard InChI is InChI=1S/C22H21ClFN7O3/c1-4-33-21-13(11-27-31(21)3)22(2,15-8-5-9-16(23)28-15)12-26-19(32)18-29-20(34-30-18)17-14(24)7-6-10-25-17/h5-11H,4,12H2,1-3H3,(H,26,32). The molecule has 4 aromatic heterocycles. The molecule has 0 bridgehead atoms. The summed E-state index contributed by atoms with van der Waals surface area (Å²) in [6.07, 6.45) is 3.05. The highest BCUT2D eigenvalue weighted by molar-refractivity contribution is 6.29. The smallest absolute Gasteiger partial charge is 0.292 e. The van der Waals surface area contributed by atoms with E-state index in [2.05, 4.69) is 30.5 Å². The Labute approximate surface area is 199 Å². The van der Waals surface area contributed by atoms with Gasteiger partial charge in [0.15, 0.2) is 11.5 Å². The van der Waals surface area contributed by atoms with E-state index in [0.717, 1.165) is 0 Å². The average molecular weight is 486 g/mol. The summed E-state index contributed by atoms with van der Waals surface area (Å²) in [5.41, 5.74) is 0.285. The lowest BCUT2D eigenvalue weighted by molar-refractivity contribution is 0.0933. The minimum absolute atomic E-state index is 0.0762. The highest BCUT2D eigenvalue weighted by Crippen LogP contribution is 2.36. The number of ether oxygens (including phenoxy) is 1. The Hall–Kier alpha value is -3.86. The number of carbonyl (C=O) groups excluding carboxylic acids is 1. The zero-order chi connectivity index (χ0) is 24.3. The van der Waals surface area contributed by atoms with Gasteiger partial charge in [0.1, 0.15) is 5.15 Å². The van der Waals surface area contributed by atoms with Crippen molar-refractivity contribution in [3.8, 4) is 17.5 Å². The molecule has 1 atom stereocenters. The van der Waals surface area contributed by atoms with E-state index < -0.39 is 17.1 Å². The fourth-order valence-corrected chi connectivity index (χ4v) is 3.61. The van der Waals surface area contributed by atoms with Crippen LogP contribution < -0.4 is 10.1 Å². The third-order valence-electron chi connectivity index (χ3n) is 5.23. The Balaban J connectivity index is 1.63. The zero-order valence-corrected chi connectivity index (χ0v) is 19.4. The second-order valence-corrected chi connectivity index (χ2v) is 7.92. The molecule has 0 saturated heterocycles. The van der Waals surface area contributed by atoms with Gasteiger partial charge in [0.25, 0.3) is 17.6 Å². The second kappa shape index (κ2) is 9.56. The van der Waals surface area contributed by atoms with Crippen molar-refractivity contribution in [1.82, 2.24) is 35.2 Å². The monoisotopic (exact) mass is 485 g/mol. The summed E-state index contributed by atoms with van der Waals surface area (Å²) in [4.78, 5) is 25.2. The van der Waals surface area contributed by atoms with Crippen molar-refractivity contribution in [2.75, 3.05) is 13.2 Å². The molecule has 0 aliphatic carbocycles. The van der Waals surface area contributed by atoms with Gasteiger partial charge in [-0.05, 0) is 38.1 Å². The van der Waals surface area contributed by atoms with Crippen LogP contribution in [0.1, 0.15) is 35.7 Å². The molecule has 0 fully saturated rings. The molecule has 0 aliphatic rings. The van der Waals surface area contributed by atoms with Crippen LogP contribution in [-0.2, 0) is 12.5 Å². The van der Waals surface area contributed by atoms with Crippen molar-refractivity contribution in [2.24, 2.45) is 7.05 Å². The highest BCUT2D eigenvalue weighted by Gasteiger charge is 2.37. The second-order valence-electron chi connectivity index (χ2n) is 7.54. The Morgan fingerprint density at radius 1 is 1.29 bits per heavy atom. The Morgan fingerprint density at radius 2 is 2.12 bits per heavy atom. The van der Waals surface area contributed by atoms with E-state index in [9.17, 15) is 9.18 Å². The number of aromatic nitrogens is 6. The van der Waals surface area contributed by atoms with E-state index in [1.54, 1.807) is 36.1 Å². The van der Waals surface area contributed by atoms with Crippen LogP contribution in [0, 0.1) is 5.82 Å². The number of hydrogen-bond acceptors (Lipinski definition) is 8. The molecule has 0 aromatic carbocycles. The van der Waals surface area contributed by atoms with E-state index in [0.29, 0.717) is 28.9 Å². The predicted molar refractivity (Wildman–Crippen MR) is 120 cm³/mol. The van der Waals surface area contributed by atoms with Crippen molar-refractivity contribution in [2.45, 2.75) is 19.3 Å². The zero-order valence-electron chi connectivity index (χ0n) is 18.6. The Bertz CT molecular complexity index is 1330. The quantitative estimate of drug-likeness (QED) is 0.378. The largest absolute Gasteiger partial charge is 0.478 e. The molecule has 4 heterocycles. The molecule has 0 radical (unpaired) electrons. The molecule has 4 aromatic rings. The van der Waals surface area contributed by atoms with Crippen molar-refractivity contribution < 1.29 is 18.4 Å². The van der Waals surface area contributed by atoms with Crippen LogP contribution in [0.15, 0.2) is 47.2 Å². The molecule has 176 valence electrons. The lowest BCUT2D eigenvalue weighted by Gasteiger charge is -2.29. The van der Waals surface area contributed by atoms with Gasteiger partial charge in [-0.15, -0.1) is 0 Å². The van der Waals surface area contributed by atoms with E-state index in [1.807, 2.05) is 13.8 Å². The fraction of sp³-hybridized carbons (Fsp3) is 0.273. The predicted octanol–water partition coefficient (Wildman–Crippen LogP) is 3.19. The Kier molecular flexibility index (Phi) is 6.55. The van der Waals surface area contributed by atoms with Gasteiger partial charge < -0.3 is 14.6 Å². The minimum Gasteiger partial charge on any atom is -0.478 e. The van der Waals surface area contributed by atoms with Crippen molar-refractivity contribution in [3.63, 3.8) is 0 Å². The van der Waals surface area contributed by atoms with E-state index in [1.165, 1.54) is 18.3 Å². The highest BCUT2D eigenvalue weighted by atomic mass is 35.5. The van der Waals surface area contributed by atoms with Crippen molar-refractivity contribution in [1.29, 1.82) is 0 Å². The van der Waals surface area contributed by atoms with E-state index in [4.69, 9.17) is 20.9 Å². The van der Waals surface area contributed by atoms with Gasteiger partial charge in [-0.3, -0.25) is 4.79 Å². The average Bonchev–Trinajstić information content (AvgIpc) is 3.46. The first-order chi connectivity index (χ1) is 16.3. The topological polar surface area (TPSA) is 121 Å². The molecule has 34 heavy (non-hydrogen) atoms. The van der Waals surface area contributed by atoms with Gasteiger partial charge in [0.2, 0.25) is 5.88 Å². The number of aryl methyl sites for hydroxylation is 1. The van der Waals surface area contributed by atoms with Crippen LogP contribution in [0.2, 0.25) is 5.15 Å².